The Hall–Kier alpha value is -0.0800. The van der Waals surface area contributed by atoms with Gasteiger partial charge in [-0.3, -0.25) is 0 Å². The minimum atomic E-state index is 0.892. The van der Waals surface area contributed by atoms with Gasteiger partial charge in [0.05, 0.1) is 0 Å². The molecule has 0 amide bonds. The Bertz CT molecular complexity index is 299. The maximum absolute atomic E-state index is 4.02. The fourth-order valence-electron chi connectivity index (χ4n) is 5.93. The SMILES string of the molecule is CCN1CCC(CNC2C3CC4CC(C3)CC2C4)C1. The van der Waals surface area contributed by atoms with Crippen LogP contribution in [-0.4, -0.2) is 37.1 Å². The zero-order valence-corrected chi connectivity index (χ0v) is 12.5. The summed E-state index contributed by atoms with van der Waals surface area (Å²) in [6.07, 6.45) is 9.21. The van der Waals surface area contributed by atoms with Crippen molar-refractivity contribution in [2.24, 2.45) is 29.6 Å². The van der Waals surface area contributed by atoms with Crippen LogP contribution in [-0.2, 0) is 0 Å². The van der Waals surface area contributed by atoms with E-state index in [0.29, 0.717) is 0 Å². The second-order valence-corrected chi connectivity index (χ2v) is 7.91. The highest BCUT2D eigenvalue weighted by Crippen LogP contribution is 2.53. The molecule has 5 aliphatic rings. The molecule has 0 spiro atoms. The van der Waals surface area contributed by atoms with Crippen molar-refractivity contribution in [3.8, 4) is 0 Å². The first kappa shape index (κ1) is 12.6. The quantitative estimate of drug-likeness (QED) is 0.838. The molecular weight excluding hydrogens is 232 g/mol. The lowest BCUT2D eigenvalue weighted by molar-refractivity contribution is -0.0146. The molecule has 19 heavy (non-hydrogen) atoms. The number of hydrogen-bond donors (Lipinski definition) is 1. The highest BCUT2D eigenvalue weighted by Gasteiger charge is 2.48. The van der Waals surface area contributed by atoms with Crippen LogP contribution in [0.4, 0.5) is 0 Å². The molecule has 5 rings (SSSR count). The fraction of sp³-hybridized carbons (Fsp3) is 1.00. The van der Waals surface area contributed by atoms with Gasteiger partial charge in [-0.2, -0.15) is 0 Å². The summed E-state index contributed by atoms with van der Waals surface area (Å²) in [6, 6.07) is 0.892. The van der Waals surface area contributed by atoms with Gasteiger partial charge in [-0.15, -0.1) is 0 Å². The second-order valence-electron chi connectivity index (χ2n) is 7.91. The highest BCUT2D eigenvalue weighted by atomic mass is 15.1. The average Bonchev–Trinajstić information content (AvgIpc) is 2.85. The smallest absolute Gasteiger partial charge is 0.0124 e. The number of rotatable bonds is 4. The van der Waals surface area contributed by atoms with Crippen LogP contribution in [0.3, 0.4) is 0 Å². The summed E-state index contributed by atoms with van der Waals surface area (Å²) in [5.74, 6) is 5.24. The molecule has 0 aromatic carbocycles. The van der Waals surface area contributed by atoms with Crippen LogP contribution >= 0.6 is 0 Å². The lowest BCUT2D eigenvalue weighted by Crippen LogP contribution is -2.55. The Labute approximate surface area is 118 Å². The van der Waals surface area contributed by atoms with Gasteiger partial charge in [-0.1, -0.05) is 6.92 Å². The average molecular weight is 262 g/mol. The molecule has 108 valence electrons. The molecule has 0 radical (unpaired) electrons. The number of likely N-dealkylation sites (tertiary alicyclic amines) is 1. The summed E-state index contributed by atoms with van der Waals surface area (Å²) >= 11 is 0. The van der Waals surface area contributed by atoms with Crippen LogP contribution in [0.2, 0.25) is 0 Å². The van der Waals surface area contributed by atoms with Crippen molar-refractivity contribution in [2.75, 3.05) is 26.2 Å². The molecule has 0 aromatic rings. The van der Waals surface area contributed by atoms with Crippen LogP contribution in [0.25, 0.3) is 0 Å². The van der Waals surface area contributed by atoms with Crippen molar-refractivity contribution < 1.29 is 0 Å². The van der Waals surface area contributed by atoms with Gasteiger partial charge in [0.2, 0.25) is 0 Å². The van der Waals surface area contributed by atoms with Gasteiger partial charge in [0.25, 0.3) is 0 Å². The maximum atomic E-state index is 4.02. The molecule has 4 aliphatic carbocycles. The normalized spacial score (nSPS) is 49.1. The molecule has 0 aromatic heterocycles. The van der Waals surface area contributed by atoms with Crippen LogP contribution in [0, 0.1) is 29.6 Å². The zero-order chi connectivity index (χ0) is 12.8. The first-order valence-corrected chi connectivity index (χ1v) is 8.77. The first-order chi connectivity index (χ1) is 9.31. The molecule has 1 saturated heterocycles. The van der Waals surface area contributed by atoms with Gasteiger partial charge in [-0.25, -0.2) is 0 Å². The lowest BCUT2D eigenvalue weighted by atomic mass is 9.54. The van der Waals surface area contributed by atoms with Gasteiger partial charge < -0.3 is 10.2 Å². The van der Waals surface area contributed by atoms with E-state index in [1.54, 1.807) is 32.1 Å². The third-order valence-corrected chi connectivity index (χ3v) is 6.69. The molecular formula is C17H30N2. The lowest BCUT2D eigenvalue weighted by Gasteiger charge is -2.54. The summed E-state index contributed by atoms with van der Waals surface area (Å²) in [5.41, 5.74) is 0. The molecule has 4 saturated carbocycles. The van der Waals surface area contributed by atoms with E-state index in [0.717, 1.165) is 35.6 Å². The van der Waals surface area contributed by atoms with Crippen molar-refractivity contribution in [3.63, 3.8) is 0 Å². The Morgan fingerprint density at radius 1 is 1.00 bits per heavy atom. The molecule has 2 heteroatoms. The third-order valence-electron chi connectivity index (χ3n) is 6.69. The van der Waals surface area contributed by atoms with Crippen LogP contribution in [0.5, 0.6) is 0 Å². The van der Waals surface area contributed by atoms with E-state index >= 15 is 0 Å². The Balaban J connectivity index is 1.31. The van der Waals surface area contributed by atoms with E-state index in [9.17, 15) is 0 Å². The standard InChI is InChI=1S/C17H30N2/c1-2-19-4-3-12(11-19)10-18-17-15-6-13-5-14(8-15)9-16(17)7-13/h12-18H,2-11H2,1H3. The molecule has 4 bridgehead atoms. The van der Waals surface area contributed by atoms with E-state index in [1.807, 2.05) is 0 Å². The Morgan fingerprint density at radius 2 is 1.68 bits per heavy atom. The number of nitrogens with zero attached hydrogens (tertiary/aromatic N) is 1. The minimum absolute atomic E-state index is 0.892. The minimum Gasteiger partial charge on any atom is -0.313 e. The number of nitrogens with one attached hydrogen (secondary N) is 1. The van der Waals surface area contributed by atoms with E-state index in [-0.39, 0.29) is 0 Å². The van der Waals surface area contributed by atoms with E-state index < -0.39 is 0 Å². The Morgan fingerprint density at radius 3 is 2.26 bits per heavy atom. The monoisotopic (exact) mass is 262 g/mol. The summed E-state index contributed by atoms with van der Waals surface area (Å²) in [6.45, 7) is 7.52. The van der Waals surface area contributed by atoms with Crippen molar-refractivity contribution in [1.82, 2.24) is 10.2 Å². The van der Waals surface area contributed by atoms with Gasteiger partial charge in [-0.05, 0) is 87.7 Å². The molecule has 5 fully saturated rings. The molecule has 1 atom stereocenters. The van der Waals surface area contributed by atoms with Gasteiger partial charge in [0.15, 0.2) is 0 Å². The molecule has 1 heterocycles. The summed E-state index contributed by atoms with van der Waals surface area (Å²) in [4.78, 5) is 2.61. The van der Waals surface area contributed by atoms with E-state index in [4.69, 9.17) is 0 Å². The van der Waals surface area contributed by atoms with Gasteiger partial charge in [0.1, 0.15) is 0 Å². The zero-order valence-electron chi connectivity index (χ0n) is 12.5. The maximum Gasteiger partial charge on any atom is 0.0124 e. The van der Waals surface area contributed by atoms with Gasteiger partial charge in [0, 0.05) is 12.6 Å². The largest absolute Gasteiger partial charge is 0.313 e. The van der Waals surface area contributed by atoms with Crippen molar-refractivity contribution in [3.05, 3.63) is 0 Å². The highest BCUT2D eigenvalue weighted by molar-refractivity contribution is 5.01. The topological polar surface area (TPSA) is 15.3 Å². The fourth-order valence-corrected chi connectivity index (χ4v) is 5.93. The van der Waals surface area contributed by atoms with E-state index in [1.165, 1.54) is 32.6 Å². The van der Waals surface area contributed by atoms with Crippen LogP contribution in [0.1, 0.15) is 45.4 Å². The van der Waals surface area contributed by atoms with Crippen LogP contribution in [0.15, 0.2) is 0 Å². The summed E-state index contributed by atoms with van der Waals surface area (Å²) in [7, 11) is 0. The number of hydrogen-bond acceptors (Lipinski definition) is 2. The molecule has 1 unspecified atom stereocenters. The second kappa shape index (κ2) is 5.04. The predicted molar refractivity (Wildman–Crippen MR) is 79.1 cm³/mol. The molecule has 1 N–H and O–H groups in total. The van der Waals surface area contributed by atoms with Crippen molar-refractivity contribution in [1.29, 1.82) is 0 Å². The van der Waals surface area contributed by atoms with Crippen molar-refractivity contribution in [2.45, 2.75) is 51.5 Å². The van der Waals surface area contributed by atoms with E-state index in [2.05, 4.69) is 17.1 Å². The van der Waals surface area contributed by atoms with Crippen molar-refractivity contribution >= 4 is 0 Å². The summed E-state index contributed by atoms with van der Waals surface area (Å²) < 4.78 is 0. The Kier molecular flexibility index (Phi) is 3.35. The third kappa shape index (κ3) is 2.35. The first-order valence-electron chi connectivity index (χ1n) is 8.77. The summed E-state index contributed by atoms with van der Waals surface area (Å²) in [5, 5.41) is 4.02. The molecule has 2 nitrogen and oxygen atoms in total. The molecule has 1 aliphatic heterocycles. The predicted octanol–water partition coefficient (Wildman–Crippen LogP) is 2.74. The van der Waals surface area contributed by atoms with Gasteiger partial charge >= 0.3 is 0 Å². The van der Waals surface area contributed by atoms with Crippen LogP contribution < -0.4 is 5.32 Å².